The lowest BCUT2D eigenvalue weighted by atomic mass is 10.2. The molecule has 0 unspecified atom stereocenters. The number of carbonyl (C=O) groups is 2. The van der Waals surface area contributed by atoms with Gasteiger partial charge in [0.2, 0.25) is 5.91 Å². The predicted molar refractivity (Wildman–Crippen MR) is 113 cm³/mol. The lowest BCUT2D eigenvalue weighted by molar-refractivity contribution is -0.117. The second-order valence-corrected chi connectivity index (χ2v) is 8.21. The molecule has 6 nitrogen and oxygen atoms in total. The van der Waals surface area contributed by atoms with Crippen LogP contribution >= 0.6 is 11.3 Å². The van der Waals surface area contributed by atoms with E-state index in [2.05, 4.69) is 16.7 Å². The van der Waals surface area contributed by atoms with Crippen LogP contribution in [0.3, 0.4) is 0 Å². The van der Waals surface area contributed by atoms with Crippen LogP contribution < -0.4 is 10.6 Å². The largest absolute Gasteiger partial charge is 0.468 e. The molecule has 1 fully saturated rings. The molecule has 0 aliphatic heterocycles. The molecule has 1 saturated carbocycles. The van der Waals surface area contributed by atoms with Crippen LogP contribution in [0.4, 0.5) is 5.69 Å². The number of hydrogen-bond acceptors (Lipinski definition) is 5. The molecule has 0 atom stereocenters. The fourth-order valence-corrected chi connectivity index (χ4v) is 3.80. The summed E-state index contributed by atoms with van der Waals surface area (Å²) in [5, 5.41) is 7.90. The number of rotatable bonds is 9. The molecular formula is C22H23N3O3S. The molecule has 2 aromatic heterocycles. The molecule has 7 heteroatoms. The van der Waals surface area contributed by atoms with Gasteiger partial charge in [0.15, 0.2) is 0 Å². The zero-order valence-corrected chi connectivity index (χ0v) is 16.8. The van der Waals surface area contributed by atoms with Gasteiger partial charge in [-0.1, -0.05) is 12.1 Å². The Bertz CT molecular complexity index is 913. The fraction of sp³-hybridized carbons (Fsp3) is 0.273. The highest BCUT2D eigenvalue weighted by molar-refractivity contribution is 7.09. The summed E-state index contributed by atoms with van der Waals surface area (Å²) in [6.45, 7) is 1.43. The van der Waals surface area contributed by atoms with Crippen molar-refractivity contribution in [3.05, 3.63) is 76.4 Å². The van der Waals surface area contributed by atoms with Crippen LogP contribution in [0.1, 0.15) is 33.8 Å². The van der Waals surface area contributed by atoms with Crippen LogP contribution in [0, 0.1) is 0 Å². The van der Waals surface area contributed by atoms with Gasteiger partial charge in [0.1, 0.15) is 5.76 Å². The van der Waals surface area contributed by atoms with Gasteiger partial charge in [-0.2, -0.15) is 0 Å². The molecule has 3 aromatic rings. The van der Waals surface area contributed by atoms with Crippen LogP contribution in [-0.4, -0.2) is 29.3 Å². The minimum Gasteiger partial charge on any atom is -0.468 e. The first-order chi connectivity index (χ1) is 14.2. The van der Waals surface area contributed by atoms with Crippen LogP contribution in [-0.2, 0) is 17.9 Å². The maximum Gasteiger partial charge on any atom is 0.251 e. The second kappa shape index (κ2) is 9.07. The van der Waals surface area contributed by atoms with Gasteiger partial charge in [0.25, 0.3) is 5.91 Å². The normalized spacial score (nSPS) is 13.4. The van der Waals surface area contributed by atoms with Crippen molar-refractivity contribution in [2.75, 3.05) is 11.9 Å². The van der Waals surface area contributed by atoms with Crippen molar-refractivity contribution < 1.29 is 14.0 Å². The minimum atomic E-state index is -0.132. The van der Waals surface area contributed by atoms with Crippen molar-refractivity contribution in [2.45, 2.75) is 32.0 Å². The van der Waals surface area contributed by atoms with Crippen molar-refractivity contribution >= 4 is 28.8 Å². The van der Waals surface area contributed by atoms with E-state index in [4.69, 9.17) is 4.42 Å². The fourth-order valence-electron chi connectivity index (χ4n) is 3.05. The number of carbonyl (C=O) groups excluding carboxylic acids is 2. The van der Waals surface area contributed by atoms with E-state index in [0.717, 1.165) is 18.6 Å². The van der Waals surface area contributed by atoms with Gasteiger partial charge in [-0.25, -0.2) is 0 Å². The lowest BCUT2D eigenvalue weighted by Gasteiger charge is -2.20. The molecule has 0 spiro atoms. The summed E-state index contributed by atoms with van der Waals surface area (Å²) in [6.07, 6.45) is 3.72. The number of nitrogens with one attached hydrogen (secondary N) is 2. The molecule has 1 aliphatic rings. The molecule has 150 valence electrons. The molecular weight excluding hydrogens is 386 g/mol. The Balaban J connectivity index is 1.38. The Morgan fingerprint density at radius 1 is 1.10 bits per heavy atom. The van der Waals surface area contributed by atoms with Gasteiger partial charge in [-0.05, 0) is 54.6 Å². The monoisotopic (exact) mass is 409 g/mol. The Hall–Kier alpha value is -2.90. The first kappa shape index (κ1) is 19.4. The Labute approximate surface area is 173 Å². The summed E-state index contributed by atoms with van der Waals surface area (Å²) >= 11 is 1.66. The maximum absolute atomic E-state index is 12.7. The third kappa shape index (κ3) is 5.79. The smallest absolute Gasteiger partial charge is 0.251 e. The van der Waals surface area contributed by atoms with Gasteiger partial charge in [-0.15, -0.1) is 11.3 Å². The van der Waals surface area contributed by atoms with E-state index >= 15 is 0 Å². The van der Waals surface area contributed by atoms with Gasteiger partial charge in [0, 0.05) is 28.7 Å². The van der Waals surface area contributed by atoms with E-state index in [-0.39, 0.29) is 18.4 Å². The van der Waals surface area contributed by atoms with E-state index in [1.54, 1.807) is 41.9 Å². The first-order valence-electron chi connectivity index (χ1n) is 9.63. The summed E-state index contributed by atoms with van der Waals surface area (Å²) in [5.41, 5.74) is 1.17. The average molecular weight is 410 g/mol. The quantitative estimate of drug-likeness (QED) is 0.563. The molecule has 2 heterocycles. The van der Waals surface area contributed by atoms with Crippen molar-refractivity contribution in [1.82, 2.24) is 10.2 Å². The number of hydrogen-bond donors (Lipinski definition) is 2. The third-order valence-corrected chi connectivity index (χ3v) is 5.47. The number of furan rings is 1. The Kier molecular flexibility index (Phi) is 6.07. The number of nitrogens with zero attached hydrogens (tertiary/aromatic N) is 1. The number of anilines is 1. The Morgan fingerprint density at radius 2 is 2.00 bits per heavy atom. The highest BCUT2D eigenvalue weighted by Gasteiger charge is 2.24. The molecule has 2 N–H and O–H groups in total. The molecule has 1 aromatic carbocycles. The second-order valence-electron chi connectivity index (χ2n) is 7.18. The van der Waals surface area contributed by atoms with Crippen LogP contribution in [0.15, 0.2) is 64.6 Å². The van der Waals surface area contributed by atoms with E-state index in [0.29, 0.717) is 30.4 Å². The van der Waals surface area contributed by atoms with Gasteiger partial charge in [-0.3, -0.25) is 14.5 Å². The molecule has 29 heavy (non-hydrogen) atoms. The highest BCUT2D eigenvalue weighted by atomic mass is 32.1. The van der Waals surface area contributed by atoms with E-state index in [1.165, 1.54) is 4.88 Å². The van der Waals surface area contributed by atoms with E-state index < -0.39 is 0 Å². The number of amides is 2. The van der Waals surface area contributed by atoms with Crippen molar-refractivity contribution in [3.63, 3.8) is 0 Å². The standard InChI is InChI=1S/C22H23N3O3S/c26-21(23-18-5-1-4-16(12-18)22(27)24-17-8-9-17)15-25(13-19-6-2-10-28-19)14-20-7-3-11-29-20/h1-7,10-12,17H,8-9,13-15H2,(H,23,26)(H,24,27). The Morgan fingerprint density at radius 3 is 2.72 bits per heavy atom. The summed E-state index contributed by atoms with van der Waals surface area (Å²) < 4.78 is 5.45. The van der Waals surface area contributed by atoms with E-state index in [1.807, 2.05) is 28.5 Å². The molecule has 1 aliphatic carbocycles. The van der Waals surface area contributed by atoms with Crippen LogP contribution in [0.25, 0.3) is 0 Å². The molecule has 2 amide bonds. The third-order valence-electron chi connectivity index (χ3n) is 4.61. The summed E-state index contributed by atoms with van der Waals surface area (Å²) in [7, 11) is 0. The topological polar surface area (TPSA) is 74.6 Å². The van der Waals surface area contributed by atoms with Gasteiger partial charge < -0.3 is 15.1 Å². The molecule has 0 radical (unpaired) electrons. The van der Waals surface area contributed by atoms with Gasteiger partial charge in [0.05, 0.1) is 19.4 Å². The van der Waals surface area contributed by atoms with Crippen LogP contribution in [0.2, 0.25) is 0 Å². The number of thiophene rings is 1. The lowest BCUT2D eigenvalue weighted by Crippen LogP contribution is -2.32. The minimum absolute atomic E-state index is 0.0965. The first-order valence-corrected chi connectivity index (χ1v) is 10.5. The molecule has 0 bridgehead atoms. The number of benzene rings is 1. The summed E-state index contributed by atoms with van der Waals surface area (Å²) in [4.78, 5) is 28.1. The molecule has 0 saturated heterocycles. The van der Waals surface area contributed by atoms with Gasteiger partial charge >= 0.3 is 0 Å². The van der Waals surface area contributed by atoms with Crippen molar-refractivity contribution in [2.24, 2.45) is 0 Å². The average Bonchev–Trinajstić information content (AvgIpc) is 3.14. The molecule has 4 rings (SSSR count). The van der Waals surface area contributed by atoms with Crippen LogP contribution in [0.5, 0.6) is 0 Å². The summed E-state index contributed by atoms with van der Waals surface area (Å²) in [6, 6.07) is 15.2. The maximum atomic E-state index is 12.7. The van der Waals surface area contributed by atoms with E-state index in [9.17, 15) is 9.59 Å². The SMILES string of the molecule is O=C(CN(Cc1ccco1)Cc1cccs1)Nc1cccc(C(=O)NC2CC2)c1. The van der Waals surface area contributed by atoms with Crippen molar-refractivity contribution in [1.29, 1.82) is 0 Å². The summed E-state index contributed by atoms with van der Waals surface area (Å²) in [5.74, 6) is 0.585. The highest BCUT2D eigenvalue weighted by Crippen LogP contribution is 2.20. The zero-order valence-electron chi connectivity index (χ0n) is 16.0. The van der Waals surface area contributed by atoms with Crippen molar-refractivity contribution in [3.8, 4) is 0 Å². The zero-order chi connectivity index (χ0) is 20.1. The predicted octanol–water partition coefficient (Wildman–Crippen LogP) is 3.87.